The first-order valence-corrected chi connectivity index (χ1v) is 5.91. The van der Waals surface area contributed by atoms with E-state index in [1.165, 1.54) is 17.2 Å². The summed E-state index contributed by atoms with van der Waals surface area (Å²) in [7, 11) is 0. The van der Waals surface area contributed by atoms with Gasteiger partial charge in [0.2, 0.25) is 0 Å². The van der Waals surface area contributed by atoms with E-state index in [9.17, 15) is 4.79 Å². The molecule has 0 fully saturated rings. The van der Waals surface area contributed by atoms with Crippen molar-refractivity contribution in [2.75, 3.05) is 6.61 Å². The zero-order chi connectivity index (χ0) is 12.3. The molecule has 1 atom stereocenters. The number of ether oxygens (including phenoxy) is 1. The van der Waals surface area contributed by atoms with Gasteiger partial charge in [0.1, 0.15) is 0 Å². The van der Waals surface area contributed by atoms with Crippen molar-refractivity contribution in [1.29, 1.82) is 0 Å². The molecule has 0 saturated carbocycles. The number of halogens is 1. The number of hydrogen-bond acceptors (Lipinski definition) is 3. The Morgan fingerprint density at radius 3 is 2.89 bits per heavy atom. The first-order valence-electron chi connectivity index (χ1n) is 5.91. The van der Waals surface area contributed by atoms with Crippen LogP contribution in [0.3, 0.4) is 0 Å². The molecule has 1 aliphatic carbocycles. The fourth-order valence-corrected chi connectivity index (χ4v) is 2.13. The van der Waals surface area contributed by atoms with E-state index in [2.05, 4.69) is 12.1 Å². The van der Waals surface area contributed by atoms with Gasteiger partial charge < -0.3 is 10.5 Å². The predicted molar refractivity (Wildman–Crippen MR) is 74.7 cm³/mol. The zero-order valence-corrected chi connectivity index (χ0v) is 11.2. The van der Waals surface area contributed by atoms with Crippen LogP contribution in [0.25, 0.3) is 6.08 Å². The lowest BCUT2D eigenvalue weighted by molar-refractivity contribution is -0.137. The topological polar surface area (TPSA) is 52.3 Å². The van der Waals surface area contributed by atoms with E-state index >= 15 is 0 Å². The van der Waals surface area contributed by atoms with Crippen LogP contribution < -0.4 is 5.73 Å². The summed E-state index contributed by atoms with van der Waals surface area (Å²) in [6.07, 6.45) is 5.12. The van der Waals surface area contributed by atoms with Crippen LogP contribution >= 0.6 is 12.4 Å². The van der Waals surface area contributed by atoms with Crippen LogP contribution in [0.5, 0.6) is 0 Å². The van der Waals surface area contributed by atoms with Crippen LogP contribution in [0, 0.1) is 0 Å². The van der Waals surface area contributed by atoms with Gasteiger partial charge in [0.15, 0.2) is 0 Å². The van der Waals surface area contributed by atoms with Gasteiger partial charge in [-0.05, 0) is 42.5 Å². The van der Waals surface area contributed by atoms with Gasteiger partial charge in [-0.3, -0.25) is 0 Å². The van der Waals surface area contributed by atoms with Gasteiger partial charge in [-0.25, -0.2) is 4.79 Å². The summed E-state index contributed by atoms with van der Waals surface area (Å²) < 4.78 is 4.83. The molecule has 2 N–H and O–H groups in total. The van der Waals surface area contributed by atoms with Crippen LogP contribution in [0.4, 0.5) is 0 Å². The Kier molecular flexibility index (Phi) is 5.38. The van der Waals surface area contributed by atoms with E-state index in [-0.39, 0.29) is 24.4 Å². The SMILES string of the molecule is CCOC(=O)/C=C/c1ccc2c(c1)CC(N)C2.Cl. The molecule has 1 aromatic carbocycles. The van der Waals surface area contributed by atoms with E-state index < -0.39 is 0 Å². The minimum Gasteiger partial charge on any atom is -0.463 e. The molecular formula is C14H18ClNO2. The van der Waals surface area contributed by atoms with Gasteiger partial charge in [0.25, 0.3) is 0 Å². The average Bonchev–Trinajstić information content (AvgIpc) is 2.66. The van der Waals surface area contributed by atoms with Gasteiger partial charge in [-0.1, -0.05) is 18.2 Å². The van der Waals surface area contributed by atoms with E-state index in [0.29, 0.717) is 6.61 Å². The molecule has 0 saturated heterocycles. The van der Waals surface area contributed by atoms with Crippen molar-refractivity contribution in [3.05, 3.63) is 41.0 Å². The third-order valence-electron chi connectivity index (χ3n) is 2.89. The van der Waals surface area contributed by atoms with Gasteiger partial charge in [-0.15, -0.1) is 12.4 Å². The monoisotopic (exact) mass is 267 g/mol. The number of nitrogens with two attached hydrogens (primary N) is 1. The maximum Gasteiger partial charge on any atom is 0.330 e. The molecule has 3 nitrogen and oxygen atoms in total. The summed E-state index contributed by atoms with van der Waals surface area (Å²) in [5, 5.41) is 0. The predicted octanol–water partition coefficient (Wildman–Crippen LogP) is 2.11. The van der Waals surface area contributed by atoms with E-state index in [1.54, 1.807) is 13.0 Å². The highest BCUT2D eigenvalue weighted by atomic mass is 35.5. The molecule has 4 heteroatoms. The van der Waals surface area contributed by atoms with E-state index in [0.717, 1.165) is 18.4 Å². The van der Waals surface area contributed by atoms with Crippen molar-refractivity contribution in [3.63, 3.8) is 0 Å². The Morgan fingerprint density at radius 1 is 1.44 bits per heavy atom. The van der Waals surface area contributed by atoms with Gasteiger partial charge >= 0.3 is 5.97 Å². The Bertz CT molecular complexity index is 457. The molecule has 1 unspecified atom stereocenters. The number of carbonyl (C=O) groups is 1. The molecule has 0 aromatic heterocycles. The highest BCUT2D eigenvalue weighted by molar-refractivity contribution is 5.87. The maximum atomic E-state index is 11.2. The normalized spacial score (nSPS) is 17.3. The first-order chi connectivity index (χ1) is 8.19. The Labute approximate surface area is 113 Å². The average molecular weight is 268 g/mol. The van der Waals surface area contributed by atoms with Crippen LogP contribution in [0.1, 0.15) is 23.6 Å². The van der Waals surface area contributed by atoms with Crippen LogP contribution in [-0.4, -0.2) is 18.6 Å². The second kappa shape index (κ2) is 6.57. The quantitative estimate of drug-likeness (QED) is 0.674. The van der Waals surface area contributed by atoms with Crippen molar-refractivity contribution >= 4 is 24.5 Å². The highest BCUT2D eigenvalue weighted by Crippen LogP contribution is 2.22. The molecule has 0 amide bonds. The molecule has 1 aromatic rings. The molecule has 2 rings (SSSR count). The van der Waals surface area contributed by atoms with Crippen molar-refractivity contribution < 1.29 is 9.53 Å². The smallest absolute Gasteiger partial charge is 0.330 e. The van der Waals surface area contributed by atoms with Crippen LogP contribution in [0.2, 0.25) is 0 Å². The summed E-state index contributed by atoms with van der Waals surface area (Å²) in [4.78, 5) is 11.2. The largest absolute Gasteiger partial charge is 0.463 e. The van der Waals surface area contributed by atoms with E-state index in [1.807, 2.05) is 6.07 Å². The molecule has 0 heterocycles. The van der Waals surface area contributed by atoms with Crippen molar-refractivity contribution in [3.8, 4) is 0 Å². The summed E-state index contributed by atoms with van der Waals surface area (Å²) in [6, 6.07) is 6.44. The van der Waals surface area contributed by atoms with Gasteiger partial charge in [0.05, 0.1) is 6.61 Å². The standard InChI is InChI=1S/C14H17NO2.ClH/c1-2-17-14(16)6-4-10-3-5-11-8-13(15)9-12(11)7-10;/h3-7,13H,2,8-9,15H2,1H3;1H/b6-4+;. The van der Waals surface area contributed by atoms with Crippen LogP contribution in [0.15, 0.2) is 24.3 Å². The zero-order valence-electron chi connectivity index (χ0n) is 10.4. The molecule has 0 bridgehead atoms. The summed E-state index contributed by atoms with van der Waals surface area (Å²) >= 11 is 0. The minimum absolute atomic E-state index is 0. The lowest BCUT2D eigenvalue weighted by atomic mass is 10.1. The third kappa shape index (κ3) is 3.59. The summed E-state index contributed by atoms with van der Waals surface area (Å²) in [5.41, 5.74) is 9.54. The lowest BCUT2D eigenvalue weighted by Crippen LogP contribution is -2.18. The molecule has 98 valence electrons. The van der Waals surface area contributed by atoms with E-state index in [4.69, 9.17) is 10.5 Å². The van der Waals surface area contributed by atoms with Crippen LogP contribution in [-0.2, 0) is 22.4 Å². The minimum atomic E-state index is -0.301. The number of fused-ring (bicyclic) bond motifs is 1. The van der Waals surface area contributed by atoms with Gasteiger partial charge in [0, 0.05) is 12.1 Å². The van der Waals surface area contributed by atoms with Crippen molar-refractivity contribution in [1.82, 2.24) is 0 Å². The van der Waals surface area contributed by atoms with Gasteiger partial charge in [-0.2, -0.15) is 0 Å². The molecule has 0 spiro atoms. The molecular weight excluding hydrogens is 250 g/mol. The first kappa shape index (κ1) is 14.7. The summed E-state index contributed by atoms with van der Waals surface area (Å²) in [6.45, 7) is 2.20. The second-order valence-corrected chi connectivity index (χ2v) is 4.28. The number of carbonyl (C=O) groups excluding carboxylic acids is 1. The maximum absolute atomic E-state index is 11.2. The fraction of sp³-hybridized carbons (Fsp3) is 0.357. The van der Waals surface area contributed by atoms with Crippen molar-refractivity contribution in [2.45, 2.75) is 25.8 Å². The molecule has 0 aliphatic heterocycles. The number of hydrogen-bond donors (Lipinski definition) is 1. The lowest BCUT2D eigenvalue weighted by Gasteiger charge is -2.00. The Morgan fingerprint density at radius 2 is 2.17 bits per heavy atom. The summed E-state index contributed by atoms with van der Waals surface area (Å²) in [5.74, 6) is -0.301. The number of rotatable bonds is 3. The number of esters is 1. The number of benzene rings is 1. The second-order valence-electron chi connectivity index (χ2n) is 4.28. The Hall–Kier alpha value is -1.32. The third-order valence-corrected chi connectivity index (χ3v) is 2.89. The Balaban J connectivity index is 0.00000162. The fourth-order valence-electron chi connectivity index (χ4n) is 2.13. The molecule has 1 aliphatic rings. The van der Waals surface area contributed by atoms with Crippen molar-refractivity contribution in [2.24, 2.45) is 5.73 Å². The molecule has 0 radical (unpaired) electrons. The molecule has 18 heavy (non-hydrogen) atoms. The highest BCUT2D eigenvalue weighted by Gasteiger charge is 2.17.